The van der Waals surface area contributed by atoms with E-state index in [0.717, 1.165) is 14.5 Å². The zero-order valence-corrected chi connectivity index (χ0v) is 15.5. The molecule has 0 aromatic heterocycles. The fraction of sp³-hybridized carbons (Fsp3) is 0.176. The lowest BCUT2D eigenvalue weighted by Crippen LogP contribution is -2.28. The van der Waals surface area contributed by atoms with Crippen LogP contribution in [0.15, 0.2) is 57.5 Å². The minimum atomic E-state index is -0.145. The Balaban J connectivity index is 1.73. The third-order valence-electron chi connectivity index (χ3n) is 3.09. The second kappa shape index (κ2) is 8.84. The zero-order chi connectivity index (χ0) is 16.7. The third-order valence-corrected chi connectivity index (χ3v) is 4.24. The molecule has 0 saturated heterocycles. The molecular formula is C17H16Br2N2O2. The van der Waals surface area contributed by atoms with E-state index in [-0.39, 0.29) is 18.2 Å². The lowest BCUT2D eigenvalue weighted by atomic mass is 10.1. The summed E-state index contributed by atoms with van der Waals surface area (Å²) in [6.45, 7) is 0.311. The first-order chi connectivity index (χ1) is 11.0. The van der Waals surface area contributed by atoms with Gasteiger partial charge in [-0.05, 0) is 39.7 Å². The van der Waals surface area contributed by atoms with Crippen molar-refractivity contribution in [2.75, 3.05) is 11.9 Å². The molecule has 2 N–H and O–H groups in total. The molecule has 2 rings (SSSR count). The minimum absolute atomic E-state index is 0.0891. The van der Waals surface area contributed by atoms with Crippen LogP contribution in [0, 0.1) is 0 Å². The second-order valence-electron chi connectivity index (χ2n) is 4.93. The maximum absolute atomic E-state index is 11.9. The Morgan fingerprint density at radius 1 is 0.957 bits per heavy atom. The summed E-state index contributed by atoms with van der Waals surface area (Å²) in [4.78, 5) is 23.7. The van der Waals surface area contributed by atoms with Crippen molar-refractivity contribution in [1.82, 2.24) is 5.32 Å². The van der Waals surface area contributed by atoms with Gasteiger partial charge in [0.25, 0.3) is 0 Å². The van der Waals surface area contributed by atoms with E-state index in [1.807, 2.05) is 42.5 Å². The van der Waals surface area contributed by atoms with Gasteiger partial charge in [0.1, 0.15) is 0 Å². The van der Waals surface area contributed by atoms with Crippen LogP contribution < -0.4 is 10.6 Å². The van der Waals surface area contributed by atoms with Gasteiger partial charge in [0, 0.05) is 21.9 Å². The highest BCUT2D eigenvalue weighted by atomic mass is 79.9. The number of anilines is 1. The lowest BCUT2D eigenvalue weighted by molar-refractivity contribution is -0.120. The van der Waals surface area contributed by atoms with Gasteiger partial charge in [-0.2, -0.15) is 0 Å². The van der Waals surface area contributed by atoms with Crippen molar-refractivity contribution in [3.8, 4) is 0 Å². The van der Waals surface area contributed by atoms with E-state index in [4.69, 9.17) is 0 Å². The maximum Gasteiger partial charge on any atom is 0.226 e. The SMILES string of the molecule is O=C(Cc1ccccc1)NCCC(=O)Nc1ccc(Br)cc1Br. The predicted molar refractivity (Wildman–Crippen MR) is 98.2 cm³/mol. The number of hydrogen-bond acceptors (Lipinski definition) is 2. The van der Waals surface area contributed by atoms with E-state index in [1.165, 1.54) is 0 Å². The molecule has 0 aliphatic heterocycles. The first kappa shape index (κ1) is 17.7. The normalized spacial score (nSPS) is 10.2. The molecule has 0 bridgehead atoms. The largest absolute Gasteiger partial charge is 0.355 e. The number of amides is 2. The summed E-state index contributed by atoms with van der Waals surface area (Å²) >= 11 is 6.75. The lowest BCUT2D eigenvalue weighted by Gasteiger charge is -2.08. The Morgan fingerprint density at radius 3 is 2.39 bits per heavy atom. The van der Waals surface area contributed by atoms with Crippen molar-refractivity contribution in [1.29, 1.82) is 0 Å². The molecule has 0 fully saturated rings. The highest BCUT2D eigenvalue weighted by molar-refractivity contribution is 9.11. The highest BCUT2D eigenvalue weighted by Gasteiger charge is 2.07. The van der Waals surface area contributed by atoms with Gasteiger partial charge in [-0.25, -0.2) is 0 Å². The standard InChI is InChI=1S/C17H16Br2N2O2/c18-13-6-7-15(14(19)11-13)21-16(22)8-9-20-17(23)10-12-4-2-1-3-5-12/h1-7,11H,8-10H2,(H,20,23)(H,21,22). The van der Waals surface area contributed by atoms with Crippen LogP contribution in [0.1, 0.15) is 12.0 Å². The summed E-state index contributed by atoms with van der Waals surface area (Å²) in [5.41, 5.74) is 1.65. The molecule has 0 aliphatic rings. The molecule has 23 heavy (non-hydrogen) atoms. The van der Waals surface area contributed by atoms with Crippen molar-refractivity contribution in [2.45, 2.75) is 12.8 Å². The smallest absolute Gasteiger partial charge is 0.226 e. The molecule has 0 spiro atoms. The minimum Gasteiger partial charge on any atom is -0.355 e. The van der Waals surface area contributed by atoms with Crippen molar-refractivity contribution in [2.24, 2.45) is 0 Å². The molecule has 2 aromatic carbocycles. The van der Waals surface area contributed by atoms with E-state index in [0.29, 0.717) is 18.7 Å². The molecule has 0 saturated carbocycles. The number of benzene rings is 2. The van der Waals surface area contributed by atoms with Gasteiger partial charge in [0.15, 0.2) is 0 Å². The van der Waals surface area contributed by atoms with Gasteiger partial charge >= 0.3 is 0 Å². The van der Waals surface area contributed by atoms with Crippen molar-refractivity contribution < 1.29 is 9.59 Å². The Kier molecular flexibility index (Phi) is 6.80. The molecule has 4 nitrogen and oxygen atoms in total. The van der Waals surface area contributed by atoms with E-state index < -0.39 is 0 Å². The summed E-state index contributed by atoms with van der Waals surface area (Å²) in [7, 11) is 0. The van der Waals surface area contributed by atoms with Gasteiger partial charge in [-0.15, -0.1) is 0 Å². The van der Waals surface area contributed by atoms with Crippen LogP contribution in [-0.4, -0.2) is 18.4 Å². The van der Waals surface area contributed by atoms with Crippen LogP contribution in [0.3, 0.4) is 0 Å². The molecule has 6 heteroatoms. The summed E-state index contributed by atoms with van der Waals surface area (Å²) in [5, 5.41) is 5.56. The number of halogens is 2. The number of rotatable bonds is 6. The number of nitrogens with one attached hydrogen (secondary N) is 2. The van der Waals surface area contributed by atoms with E-state index in [9.17, 15) is 9.59 Å². The van der Waals surface area contributed by atoms with Crippen LogP contribution in [0.5, 0.6) is 0 Å². The average molecular weight is 440 g/mol. The number of hydrogen-bond donors (Lipinski definition) is 2. The van der Waals surface area contributed by atoms with Gasteiger partial charge in [0.05, 0.1) is 12.1 Å². The first-order valence-corrected chi connectivity index (χ1v) is 8.69. The van der Waals surface area contributed by atoms with Crippen LogP contribution >= 0.6 is 31.9 Å². The molecule has 0 atom stereocenters. The average Bonchev–Trinajstić information content (AvgIpc) is 2.51. The fourth-order valence-corrected chi connectivity index (χ4v) is 3.11. The van der Waals surface area contributed by atoms with E-state index in [2.05, 4.69) is 42.5 Å². The summed E-state index contributed by atoms with van der Waals surface area (Å²) in [6, 6.07) is 15.0. The van der Waals surface area contributed by atoms with Gasteiger partial charge < -0.3 is 10.6 Å². The molecule has 0 unspecified atom stereocenters. The Labute approximate surface area is 151 Å². The van der Waals surface area contributed by atoms with Crippen LogP contribution in [0.2, 0.25) is 0 Å². The first-order valence-electron chi connectivity index (χ1n) is 7.10. The monoisotopic (exact) mass is 438 g/mol. The second-order valence-corrected chi connectivity index (χ2v) is 6.70. The summed E-state index contributed by atoms with van der Waals surface area (Å²) < 4.78 is 1.73. The van der Waals surface area contributed by atoms with Crippen molar-refractivity contribution in [3.05, 3.63) is 63.0 Å². The summed E-state index contributed by atoms with van der Waals surface area (Å²) in [6.07, 6.45) is 0.545. The Bertz CT molecular complexity index is 690. The van der Waals surface area contributed by atoms with Crippen LogP contribution in [-0.2, 0) is 16.0 Å². The molecule has 2 amide bonds. The van der Waals surface area contributed by atoms with Crippen molar-refractivity contribution in [3.63, 3.8) is 0 Å². The number of carbonyl (C=O) groups is 2. The molecule has 0 heterocycles. The van der Waals surface area contributed by atoms with Crippen LogP contribution in [0.4, 0.5) is 5.69 Å². The van der Waals surface area contributed by atoms with Crippen LogP contribution in [0.25, 0.3) is 0 Å². The molecule has 0 aliphatic carbocycles. The quantitative estimate of drug-likeness (QED) is 0.717. The highest BCUT2D eigenvalue weighted by Crippen LogP contribution is 2.26. The molecule has 2 aromatic rings. The Morgan fingerprint density at radius 2 is 1.70 bits per heavy atom. The Hall–Kier alpha value is -1.66. The topological polar surface area (TPSA) is 58.2 Å². The molecular weight excluding hydrogens is 424 g/mol. The fourth-order valence-electron chi connectivity index (χ4n) is 1.96. The summed E-state index contributed by atoms with van der Waals surface area (Å²) in [5.74, 6) is -0.234. The van der Waals surface area contributed by atoms with Gasteiger partial charge in [-0.1, -0.05) is 46.3 Å². The van der Waals surface area contributed by atoms with Gasteiger partial charge in [0.2, 0.25) is 11.8 Å². The molecule has 120 valence electrons. The zero-order valence-electron chi connectivity index (χ0n) is 12.3. The number of carbonyl (C=O) groups excluding carboxylic acids is 2. The molecule has 0 radical (unpaired) electrons. The van der Waals surface area contributed by atoms with Crippen molar-refractivity contribution >= 4 is 49.4 Å². The van der Waals surface area contributed by atoms with E-state index in [1.54, 1.807) is 6.07 Å². The van der Waals surface area contributed by atoms with E-state index >= 15 is 0 Å². The predicted octanol–water partition coefficient (Wildman–Crippen LogP) is 3.90. The third kappa shape index (κ3) is 6.15. The maximum atomic E-state index is 11.9. The van der Waals surface area contributed by atoms with Gasteiger partial charge in [-0.3, -0.25) is 9.59 Å².